The second kappa shape index (κ2) is 8.39. The summed E-state index contributed by atoms with van der Waals surface area (Å²) in [6.07, 6.45) is 3.22. The number of H-pyrrole nitrogens is 1. The minimum atomic E-state index is 0.441. The Labute approximate surface area is 186 Å². The van der Waals surface area contributed by atoms with Crippen molar-refractivity contribution in [3.63, 3.8) is 0 Å². The number of aromatic nitrogens is 6. The van der Waals surface area contributed by atoms with E-state index in [1.54, 1.807) is 0 Å². The first kappa shape index (κ1) is 20.1. The Balaban J connectivity index is 1.52. The van der Waals surface area contributed by atoms with Crippen LogP contribution in [0.25, 0.3) is 33.3 Å². The number of nitrogens with two attached hydrogens (primary N) is 1. The van der Waals surface area contributed by atoms with Crippen molar-refractivity contribution in [1.82, 2.24) is 34.6 Å². The number of aryl methyl sites for hydroxylation is 1. The zero-order valence-electron chi connectivity index (χ0n) is 18.3. The molecule has 5 aromatic rings. The Kier molecular flexibility index (Phi) is 5.28. The van der Waals surface area contributed by atoms with Crippen molar-refractivity contribution in [2.24, 2.45) is 0 Å². The van der Waals surface area contributed by atoms with Gasteiger partial charge in [-0.05, 0) is 44.8 Å². The van der Waals surface area contributed by atoms with Gasteiger partial charge in [0.25, 0.3) is 0 Å². The van der Waals surface area contributed by atoms with Gasteiger partial charge in [-0.1, -0.05) is 36.4 Å². The SMILES string of the molecule is CN(C)CCCn1nc(-c2ccc3[nH]c(Cc4ccccc4)nc3c2)c2c(N)ncnc21. The number of anilines is 1. The van der Waals surface area contributed by atoms with Crippen LogP contribution in [-0.4, -0.2) is 55.3 Å². The summed E-state index contributed by atoms with van der Waals surface area (Å²) in [4.78, 5) is 19.1. The standard InChI is InChI=1S/C24H26N8/c1-31(2)11-6-12-32-24-21(23(25)26-15-27-24)22(30-32)17-9-10-18-19(14-17)29-20(28-18)13-16-7-4-3-5-8-16/h3-5,7-10,14-15H,6,11-13H2,1-2H3,(H,28,29)(H2,25,26,27). The van der Waals surface area contributed by atoms with Crippen LogP contribution >= 0.6 is 0 Å². The smallest absolute Gasteiger partial charge is 0.163 e. The van der Waals surface area contributed by atoms with E-state index in [0.29, 0.717) is 5.82 Å². The molecule has 0 bridgehead atoms. The lowest BCUT2D eigenvalue weighted by Crippen LogP contribution is -2.15. The van der Waals surface area contributed by atoms with Crippen molar-refractivity contribution >= 4 is 27.9 Å². The number of hydrogen-bond donors (Lipinski definition) is 2. The normalized spacial score (nSPS) is 11.7. The van der Waals surface area contributed by atoms with Crippen molar-refractivity contribution in [3.05, 3.63) is 66.2 Å². The molecule has 162 valence electrons. The lowest BCUT2D eigenvalue weighted by atomic mass is 10.1. The average Bonchev–Trinajstić information content (AvgIpc) is 3.35. The largest absolute Gasteiger partial charge is 0.383 e. The summed E-state index contributed by atoms with van der Waals surface area (Å²) < 4.78 is 1.93. The molecule has 0 aliphatic carbocycles. The number of aromatic amines is 1. The third-order valence-electron chi connectivity index (χ3n) is 5.55. The molecule has 0 aliphatic rings. The summed E-state index contributed by atoms with van der Waals surface area (Å²) in [7, 11) is 4.13. The monoisotopic (exact) mass is 426 g/mol. The Bertz CT molecular complexity index is 1370. The molecule has 3 aromatic heterocycles. The van der Waals surface area contributed by atoms with Crippen LogP contribution < -0.4 is 5.73 Å². The van der Waals surface area contributed by atoms with Gasteiger partial charge in [-0.3, -0.25) is 0 Å². The van der Waals surface area contributed by atoms with Crippen LogP contribution in [0, 0.1) is 0 Å². The molecule has 32 heavy (non-hydrogen) atoms. The third kappa shape index (κ3) is 3.92. The molecular weight excluding hydrogens is 400 g/mol. The van der Waals surface area contributed by atoms with Crippen molar-refractivity contribution in [2.45, 2.75) is 19.4 Å². The highest BCUT2D eigenvalue weighted by atomic mass is 15.3. The van der Waals surface area contributed by atoms with Gasteiger partial charge >= 0.3 is 0 Å². The number of rotatable bonds is 7. The number of fused-ring (bicyclic) bond motifs is 2. The average molecular weight is 427 g/mol. The highest BCUT2D eigenvalue weighted by molar-refractivity contribution is 5.99. The topological polar surface area (TPSA) is 102 Å². The van der Waals surface area contributed by atoms with Crippen molar-refractivity contribution in [3.8, 4) is 11.3 Å². The molecule has 3 heterocycles. The van der Waals surface area contributed by atoms with Crippen LogP contribution in [0.4, 0.5) is 5.82 Å². The lowest BCUT2D eigenvalue weighted by molar-refractivity contribution is 0.382. The van der Waals surface area contributed by atoms with Gasteiger partial charge < -0.3 is 15.6 Å². The van der Waals surface area contributed by atoms with E-state index in [4.69, 9.17) is 15.8 Å². The summed E-state index contributed by atoms with van der Waals surface area (Å²) >= 11 is 0. The van der Waals surface area contributed by atoms with Gasteiger partial charge in [0.05, 0.1) is 16.4 Å². The molecule has 8 heteroatoms. The maximum absolute atomic E-state index is 6.25. The number of nitrogen functional groups attached to an aromatic ring is 1. The summed E-state index contributed by atoms with van der Waals surface area (Å²) in [5.74, 6) is 1.38. The molecule has 8 nitrogen and oxygen atoms in total. The minimum absolute atomic E-state index is 0.441. The first-order valence-corrected chi connectivity index (χ1v) is 10.7. The van der Waals surface area contributed by atoms with Gasteiger partial charge in [-0.15, -0.1) is 0 Å². The van der Waals surface area contributed by atoms with E-state index in [2.05, 4.69) is 52.1 Å². The number of nitrogens with one attached hydrogen (secondary N) is 1. The summed E-state index contributed by atoms with van der Waals surface area (Å²) in [6, 6.07) is 16.5. The van der Waals surface area contributed by atoms with Gasteiger partial charge in [0.1, 0.15) is 23.7 Å². The van der Waals surface area contributed by atoms with Crippen LogP contribution in [0.3, 0.4) is 0 Å². The number of benzene rings is 2. The molecule has 0 saturated carbocycles. The summed E-state index contributed by atoms with van der Waals surface area (Å²) in [6.45, 7) is 1.73. The van der Waals surface area contributed by atoms with Gasteiger partial charge in [-0.25, -0.2) is 19.6 Å². The first-order chi connectivity index (χ1) is 15.6. The molecule has 2 aromatic carbocycles. The van der Waals surface area contributed by atoms with Gasteiger partial charge in [0.2, 0.25) is 0 Å². The van der Waals surface area contributed by atoms with Gasteiger partial charge in [0, 0.05) is 18.5 Å². The van der Waals surface area contributed by atoms with E-state index in [1.165, 1.54) is 11.9 Å². The van der Waals surface area contributed by atoms with Crippen molar-refractivity contribution < 1.29 is 0 Å². The Morgan fingerprint density at radius 3 is 2.72 bits per heavy atom. The number of hydrogen-bond acceptors (Lipinski definition) is 6. The van der Waals surface area contributed by atoms with E-state index in [9.17, 15) is 0 Å². The fraction of sp³-hybridized carbons (Fsp3) is 0.250. The van der Waals surface area contributed by atoms with E-state index >= 15 is 0 Å². The van der Waals surface area contributed by atoms with Gasteiger partial charge in [0.15, 0.2) is 5.65 Å². The van der Waals surface area contributed by atoms with E-state index < -0.39 is 0 Å². The third-order valence-corrected chi connectivity index (χ3v) is 5.55. The number of imidazole rings is 1. The maximum Gasteiger partial charge on any atom is 0.163 e. The predicted molar refractivity (Wildman–Crippen MR) is 127 cm³/mol. The highest BCUT2D eigenvalue weighted by Crippen LogP contribution is 2.31. The van der Waals surface area contributed by atoms with Crippen molar-refractivity contribution in [2.75, 3.05) is 26.4 Å². The summed E-state index contributed by atoms with van der Waals surface area (Å²) in [5, 5.41) is 5.66. The Morgan fingerprint density at radius 2 is 1.91 bits per heavy atom. The van der Waals surface area contributed by atoms with E-state index in [1.807, 2.05) is 35.0 Å². The molecule has 0 amide bonds. The lowest BCUT2D eigenvalue weighted by Gasteiger charge is -2.09. The molecule has 0 fully saturated rings. The minimum Gasteiger partial charge on any atom is -0.383 e. The van der Waals surface area contributed by atoms with E-state index in [-0.39, 0.29) is 0 Å². The number of nitrogens with zero attached hydrogens (tertiary/aromatic N) is 6. The zero-order chi connectivity index (χ0) is 22.1. The molecule has 0 atom stereocenters. The van der Waals surface area contributed by atoms with Crippen LogP contribution in [0.1, 0.15) is 17.8 Å². The molecule has 0 saturated heterocycles. The van der Waals surface area contributed by atoms with Crippen LogP contribution in [0.5, 0.6) is 0 Å². The molecule has 0 spiro atoms. The van der Waals surface area contributed by atoms with Crippen molar-refractivity contribution in [1.29, 1.82) is 0 Å². The second-order valence-corrected chi connectivity index (χ2v) is 8.26. The Morgan fingerprint density at radius 1 is 1.06 bits per heavy atom. The quantitative estimate of drug-likeness (QED) is 0.413. The highest BCUT2D eigenvalue weighted by Gasteiger charge is 2.18. The molecule has 5 rings (SSSR count). The predicted octanol–water partition coefficient (Wildman–Crippen LogP) is 3.49. The van der Waals surface area contributed by atoms with Gasteiger partial charge in [-0.2, -0.15) is 5.10 Å². The maximum atomic E-state index is 6.25. The van der Waals surface area contributed by atoms with Crippen LogP contribution in [0.15, 0.2) is 54.9 Å². The molecule has 0 unspecified atom stereocenters. The molecule has 0 radical (unpaired) electrons. The van der Waals surface area contributed by atoms with E-state index in [0.717, 1.165) is 65.1 Å². The Hall–Kier alpha value is -3.78. The molecule has 3 N–H and O–H groups in total. The summed E-state index contributed by atoms with van der Waals surface area (Å²) in [5.41, 5.74) is 11.9. The van der Waals surface area contributed by atoms with Crippen LogP contribution in [0.2, 0.25) is 0 Å². The zero-order valence-corrected chi connectivity index (χ0v) is 18.3. The fourth-order valence-electron chi connectivity index (χ4n) is 4.00. The molecule has 0 aliphatic heterocycles. The van der Waals surface area contributed by atoms with Crippen LogP contribution in [-0.2, 0) is 13.0 Å². The molecular formula is C24H26N8. The second-order valence-electron chi connectivity index (χ2n) is 8.26. The fourth-order valence-corrected chi connectivity index (χ4v) is 4.00. The first-order valence-electron chi connectivity index (χ1n) is 10.7.